The average Bonchev–Trinajstić information content (AvgIpc) is 3.53. The van der Waals surface area contributed by atoms with Crippen molar-refractivity contribution >= 4 is 43.6 Å². The minimum Gasteiger partial charge on any atom is -0.486 e. The van der Waals surface area contributed by atoms with E-state index in [1.54, 1.807) is 17.4 Å². The molecule has 7 aromatic rings. The van der Waals surface area contributed by atoms with Crippen molar-refractivity contribution in [2.45, 2.75) is 20.7 Å². The maximum absolute atomic E-state index is 7.55. The number of rotatable bonds is 2. The number of thiophene rings is 1. The summed E-state index contributed by atoms with van der Waals surface area (Å²) in [5.41, 5.74) is 6.87. The van der Waals surface area contributed by atoms with Gasteiger partial charge in [0, 0.05) is 46.9 Å². The summed E-state index contributed by atoms with van der Waals surface area (Å²) in [6.45, 7) is 1.83. The van der Waals surface area contributed by atoms with Crippen LogP contribution < -0.4 is 0 Å². The van der Waals surface area contributed by atoms with Gasteiger partial charge in [-0.1, -0.05) is 35.2 Å². The zero-order chi connectivity index (χ0) is 27.9. The van der Waals surface area contributed by atoms with Crippen LogP contribution in [0, 0.1) is 32.8 Å². The number of furan rings is 1. The Bertz CT molecular complexity index is 1970. The van der Waals surface area contributed by atoms with Gasteiger partial charge in [0.1, 0.15) is 4.83 Å². The van der Waals surface area contributed by atoms with Gasteiger partial charge in [-0.3, -0.25) is 4.98 Å². The second-order valence-corrected chi connectivity index (χ2v) is 9.57. The molecule has 1 radical (unpaired) electrons. The van der Waals surface area contributed by atoms with Gasteiger partial charge in [0.25, 0.3) is 0 Å². The topological polar surface area (TPSA) is 51.8 Å². The van der Waals surface area contributed by atoms with E-state index in [4.69, 9.17) is 13.5 Å². The largest absolute Gasteiger partial charge is 0.486 e. The Balaban J connectivity index is 0.000000204. The monoisotopic (exact) mass is 693 g/mol. The summed E-state index contributed by atoms with van der Waals surface area (Å²) in [6, 6.07) is 29.3. The molecule has 189 valence electrons. The van der Waals surface area contributed by atoms with E-state index in [1.807, 2.05) is 61.7 Å². The zero-order valence-corrected chi connectivity index (χ0v) is 23.8. The van der Waals surface area contributed by atoms with Crippen molar-refractivity contribution in [3.63, 3.8) is 0 Å². The van der Waals surface area contributed by atoms with Crippen LogP contribution in [-0.2, 0) is 20.1 Å². The molecule has 38 heavy (non-hydrogen) atoms. The summed E-state index contributed by atoms with van der Waals surface area (Å²) in [7, 11) is 0. The Morgan fingerprint density at radius 3 is 2.50 bits per heavy atom. The van der Waals surface area contributed by atoms with Crippen LogP contribution in [0.5, 0.6) is 0 Å². The number of aryl methyl sites for hydroxylation is 3. The van der Waals surface area contributed by atoms with E-state index in [-0.39, 0.29) is 25.8 Å². The fraction of sp³-hybridized carbons (Fsp3) is 0.0938. The number of pyridine rings is 3. The van der Waals surface area contributed by atoms with E-state index >= 15 is 0 Å². The van der Waals surface area contributed by atoms with E-state index < -0.39 is 6.85 Å². The fourth-order valence-electron chi connectivity index (χ4n) is 4.17. The molecular formula is C32H23IrN3OS-2. The van der Waals surface area contributed by atoms with Gasteiger partial charge in [0.15, 0.2) is 0 Å². The van der Waals surface area contributed by atoms with Gasteiger partial charge >= 0.3 is 0 Å². The molecule has 4 nitrogen and oxygen atoms in total. The molecule has 0 aliphatic carbocycles. The molecule has 0 unspecified atom stereocenters. The van der Waals surface area contributed by atoms with Crippen molar-refractivity contribution in [2.24, 2.45) is 0 Å². The zero-order valence-electron chi connectivity index (χ0n) is 23.6. The van der Waals surface area contributed by atoms with Gasteiger partial charge in [0.05, 0.1) is 5.58 Å². The SMILES string of the molecule is Cc1ccc(-c2[c-]cccc2)nc1.[2H]C([2H])([2H])c1ccc2c(n1)oc1c(-c3ccc4c(C)csc4n3)[c-]ccc12.[Ir]. The molecule has 0 atom stereocenters. The Labute approximate surface area is 243 Å². The average molecular weight is 693 g/mol. The molecule has 2 aromatic carbocycles. The van der Waals surface area contributed by atoms with Crippen molar-refractivity contribution in [3.8, 4) is 22.5 Å². The molecule has 0 saturated heterocycles. The number of nitrogens with zero attached hydrogens (tertiary/aromatic N) is 3. The first-order valence-electron chi connectivity index (χ1n) is 13.3. The van der Waals surface area contributed by atoms with Crippen LogP contribution in [0.3, 0.4) is 0 Å². The quantitative estimate of drug-likeness (QED) is 0.171. The molecule has 0 aliphatic rings. The van der Waals surface area contributed by atoms with E-state index in [1.165, 1.54) is 17.2 Å². The van der Waals surface area contributed by atoms with Gasteiger partial charge in [-0.15, -0.1) is 65.4 Å². The normalized spacial score (nSPS) is 12.3. The van der Waals surface area contributed by atoms with Crippen molar-refractivity contribution in [1.29, 1.82) is 0 Å². The Kier molecular flexibility index (Phi) is 6.43. The van der Waals surface area contributed by atoms with Gasteiger partial charge in [-0.2, -0.15) is 0 Å². The molecule has 7 rings (SSSR count). The first kappa shape index (κ1) is 22.3. The number of benzene rings is 2. The van der Waals surface area contributed by atoms with Crippen molar-refractivity contribution < 1.29 is 28.6 Å². The van der Waals surface area contributed by atoms with Gasteiger partial charge in [0.2, 0.25) is 5.71 Å². The van der Waals surface area contributed by atoms with Crippen LogP contribution >= 0.6 is 11.3 Å². The Hall–Kier alpha value is -3.70. The van der Waals surface area contributed by atoms with Crippen LogP contribution in [0.2, 0.25) is 0 Å². The minimum atomic E-state index is -2.27. The fourth-order valence-corrected chi connectivity index (χ4v) is 5.09. The molecule has 0 spiro atoms. The summed E-state index contributed by atoms with van der Waals surface area (Å²) in [5.74, 6) is 0. The molecule has 0 aliphatic heterocycles. The maximum atomic E-state index is 7.55. The maximum Gasteiger partial charge on any atom is 0.216 e. The van der Waals surface area contributed by atoms with E-state index in [9.17, 15) is 0 Å². The predicted molar refractivity (Wildman–Crippen MR) is 152 cm³/mol. The van der Waals surface area contributed by atoms with E-state index in [2.05, 4.69) is 46.5 Å². The van der Waals surface area contributed by atoms with Crippen LogP contribution in [-0.4, -0.2) is 15.0 Å². The second-order valence-electron chi connectivity index (χ2n) is 8.71. The van der Waals surface area contributed by atoms with Gasteiger partial charge in [-0.25, -0.2) is 4.98 Å². The van der Waals surface area contributed by atoms with Crippen molar-refractivity contribution in [2.75, 3.05) is 0 Å². The molecule has 0 bridgehead atoms. The third kappa shape index (κ3) is 5.03. The smallest absolute Gasteiger partial charge is 0.216 e. The van der Waals surface area contributed by atoms with Crippen LogP contribution in [0.15, 0.2) is 88.8 Å². The van der Waals surface area contributed by atoms with E-state index in [0.29, 0.717) is 11.3 Å². The molecule has 0 amide bonds. The van der Waals surface area contributed by atoms with Crippen molar-refractivity contribution in [1.82, 2.24) is 15.0 Å². The number of hydrogen-bond acceptors (Lipinski definition) is 5. The van der Waals surface area contributed by atoms with Crippen LogP contribution in [0.1, 0.15) is 20.9 Å². The number of fused-ring (bicyclic) bond motifs is 4. The molecule has 0 fully saturated rings. The summed E-state index contributed by atoms with van der Waals surface area (Å²) in [6.07, 6.45) is 1.87. The van der Waals surface area contributed by atoms with E-state index in [0.717, 1.165) is 43.5 Å². The summed E-state index contributed by atoms with van der Waals surface area (Å²) in [5, 5.41) is 4.88. The molecule has 0 saturated carbocycles. The molecule has 5 heterocycles. The minimum absolute atomic E-state index is 0. The predicted octanol–water partition coefficient (Wildman–Crippen LogP) is 8.53. The van der Waals surface area contributed by atoms with Gasteiger partial charge in [-0.05, 0) is 60.7 Å². The molecular weight excluding hydrogens is 667 g/mol. The summed E-state index contributed by atoms with van der Waals surface area (Å²) in [4.78, 5) is 14.3. The second kappa shape index (κ2) is 11.0. The van der Waals surface area contributed by atoms with Crippen LogP contribution in [0.4, 0.5) is 0 Å². The number of aromatic nitrogens is 3. The van der Waals surface area contributed by atoms with Gasteiger partial charge < -0.3 is 9.40 Å². The Morgan fingerprint density at radius 1 is 0.842 bits per heavy atom. The first-order valence-corrected chi connectivity index (χ1v) is 12.7. The Morgan fingerprint density at radius 2 is 1.71 bits per heavy atom. The molecule has 5 aromatic heterocycles. The third-order valence-electron chi connectivity index (χ3n) is 6.08. The first-order chi connectivity index (χ1) is 19.3. The van der Waals surface area contributed by atoms with Crippen molar-refractivity contribution in [3.05, 3.63) is 113 Å². The standard InChI is InChI=1S/C20H13N2OS.C12H10N.Ir/c1-11-10-24-20-13(11)8-9-17(22-20)16-5-3-4-14-15-7-6-12(2)21-19(15)23-18(14)16;1-10-7-8-12(13-9-10)11-5-3-2-4-6-11;/h3-4,6-10H,1-2H3;2-5,7-9H,1H3;/q2*-1;/i2D3;;. The number of hydrogen-bond donors (Lipinski definition) is 0. The molecule has 0 N–H and O–H groups in total. The third-order valence-corrected chi connectivity index (χ3v) is 7.09. The summed E-state index contributed by atoms with van der Waals surface area (Å²) >= 11 is 1.61. The molecule has 6 heteroatoms. The summed E-state index contributed by atoms with van der Waals surface area (Å²) < 4.78 is 28.6. The van der Waals surface area contributed by atoms with Crippen LogP contribution in [0.25, 0.3) is 54.8 Å².